The SMILES string of the molecule is COCc1cn([C@@H]2C[C@@H]3CN(c4nccc5occc45)C[C@@H]3C[C@H]2OCC2CC2)nn1. The maximum atomic E-state index is 6.48. The predicted molar refractivity (Wildman–Crippen MR) is 115 cm³/mol. The average Bonchev–Trinajstić information content (AvgIpc) is 3.17. The summed E-state index contributed by atoms with van der Waals surface area (Å²) in [6.45, 7) is 3.38. The van der Waals surface area contributed by atoms with Crippen LogP contribution in [0.1, 0.15) is 37.4 Å². The van der Waals surface area contributed by atoms with E-state index < -0.39 is 0 Å². The molecule has 4 heterocycles. The molecular formula is C23H29N5O3. The second-order valence-corrected chi connectivity index (χ2v) is 9.37. The highest BCUT2D eigenvalue weighted by atomic mass is 16.5. The first-order valence-corrected chi connectivity index (χ1v) is 11.4. The van der Waals surface area contributed by atoms with Gasteiger partial charge in [-0.25, -0.2) is 9.67 Å². The fourth-order valence-corrected chi connectivity index (χ4v) is 5.39. The van der Waals surface area contributed by atoms with E-state index in [1.807, 2.05) is 29.2 Å². The summed E-state index contributed by atoms with van der Waals surface area (Å²) in [5, 5.41) is 9.84. The summed E-state index contributed by atoms with van der Waals surface area (Å²) in [6, 6.07) is 4.18. The molecule has 2 aliphatic carbocycles. The molecule has 8 heteroatoms. The first kappa shape index (κ1) is 19.3. The van der Waals surface area contributed by atoms with Gasteiger partial charge in [0.05, 0.1) is 36.6 Å². The number of anilines is 1. The van der Waals surface area contributed by atoms with Crippen molar-refractivity contribution in [3.05, 3.63) is 36.5 Å². The average molecular weight is 424 g/mol. The minimum Gasteiger partial charge on any atom is -0.464 e. The van der Waals surface area contributed by atoms with Crippen LogP contribution in [0, 0.1) is 17.8 Å². The molecule has 1 saturated heterocycles. The smallest absolute Gasteiger partial charge is 0.139 e. The highest BCUT2D eigenvalue weighted by Gasteiger charge is 2.45. The molecule has 3 aromatic rings. The topological polar surface area (TPSA) is 78.4 Å². The molecule has 3 aromatic heterocycles. The van der Waals surface area contributed by atoms with Gasteiger partial charge in [0.1, 0.15) is 17.1 Å². The van der Waals surface area contributed by atoms with Gasteiger partial charge in [-0.3, -0.25) is 0 Å². The molecule has 0 unspecified atom stereocenters. The van der Waals surface area contributed by atoms with Gasteiger partial charge >= 0.3 is 0 Å². The zero-order valence-corrected chi connectivity index (χ0v) is 17.9. The molecule has 2 saturated carbocycles. The van der Waals surface area contributed by atoms with Crippen molar-refractivity contribution in [3.8, 4) is 0 Å². The highest BCUT2D eigenvalue weighted by Crippen LogP contribution is 2.44. The van der Waals surface area contributed by atoms with Crippen LogP contribution in [0.15, 0.2) is 35.2 Å². The Morgan fingerprint density at radius 3 is 2.87 bits per heavy atom. The molecule has 164 valence electrons. The van der Waals surface area contributed by atoms with Crippen LogP contribution >= 0.6 is 0 Å². The molecule has 0 aromatic carbocycles. The Bertz CT molecular complexity index is 1040. The van der Waals surface area contributed by atoms with E-state index in [0.717, 1.165) is 60.9 Å². The van der Waals surface area contributed by atoms with Crippen LogP contribution in [-0.4, -0.2) is 52.9 Å². The minimum atomic E-state index is 0.177. The van der Waals surface area contributed by atoms with E-state index in [1.54, 1.807) is 13.4 Å². The van der Waals surface area contributed by atoms with Gasteiger partial charge in [0, 0.05) is 33.0 Å². The molecule has 31 heavy (non-hydrogen) atoms. The maximum Gasteiger partial charge on any atom is 0.139 e. The van der Waals surface area contributed by atoms with Crippen molar-refractivity contribution in [3.63, 3.8) is 0 Å². The Kier molecular flexibility index (Phi) is 4.91. The lowest BCUT2D eigenvalue weighted by Crippen LogP contribution is -2.38. The fraction of sp³-hybridized carbons (Fsp3) is 0.609. The van der Waals surface area contributed by atoms with Crippen LogP contribution in [0.2, 0.25) is 0 Å². The van der Waals surface area contributed by atoms with Gasteiger partial charge in [0.2, 0.25) is 0 Å². The Morgan fingerprint density at radius 1 is 1.16 bits per heavy atom. The van der Waals surface area contributed by atoms with E-state index in [2.05, 4.69) is 15.2 Å². The number of fused-ring (bicyclic) bond motifs is 2. The number of aromatic nitrogens is 4. The monoisotopic (exact) mass is 423 g/mol. The van der Waals surface area contributed by atoms with Crippen molar-refractivity contribution in [2.75, 3.05) is 31.7 Å². The molecule has 0 radical (unpaired) electrons. The molecule has 4 atom stereocenters. The van der Waals surface area contributed by atoms with Crippen molar-refractivity contribution in [1.82, 2.24) is 20.0 Å². The summed E-state index contributed by atoms with van der Waals surface area (Å²) >= 11 is 0. The van der Waals surface area contributed by atoms with Crippen LogP contribution in [0.3, 0.4) is 0 Å². The van der Waals surface area contributed by atoms with E-state index >= 15 is 0 Å². The van der Waals surface area contributed by atoms with Crippen LogP contribution in [0.25, 0.3) is 11.0 Å². The Morgan fingerprint density at radius 2 is 2.03 bits per heavy atom. The molecule has 0 amide bonds. The predicted octanol–water partition coefficient (Wildman–Crippen LogP) is 3.45. The van der Waals surface area contributed by atoms with E-state index in [1.165, 1.54) is 12.8 Å². The highest BCUT2D eigenvalue weighted by molar-refractivity contribution is 5.88. The number of ether oxygens (including phenoxy) is 2. The van der Waals surface area contributed by atoms with Gasteiger partial charge in [-0.05, 0) is 55.6 Å². The molecule has 1 aliphatic heterocycles. The van der Waals surface area contributed by atoms with E-state index in [9.17, 15) is 0 Å². The van der Waals surface area contributed by atoms with Crippen LogP contribution < -0.4 is 4.90 Å². The summed E-state index contributed by atoms with van der Waals surface area (Å²) in [7, 11) is 1.69. The number of furan rings is 1. The third kappa shape index (κ3) is 3.72. The Balaban J connectivity index is 1.24. The molecule has 0 N–H and O–H groups in total. The van der Waals surface area contributed by atoms with E-state index in [-0.39, 0.29) is 12.1 Å². The van der Waals surface area contributed by atoms with Crippen molar-refractivity contribution >= 4 is 16.8 Å². The third-order valence-corrected chi connectivity index (χ3v) is 7.18. The maximum absolute atomic E-state index is 6.48. The van der Waals surface area contributed by atoms with Crippen LogP contribution in [-0.2, 0) is 16.1 Å². The summed E-state index contributed by atoms with van der Waals surface area (Å²) in [4.78, 5) is 7.14. The van der Waals surface area contributed by atoms with E-state index in [0.29, 0.717) is 18.4 Å². The number of hydrogen-bond acceptors (Lipinski definition) is 7. The van der Waals surface area contributed by atoms with Crippen molar-refractivity contribution < 1.29 is 13.9 Å². The Hall–Kier alpha value is -2.45. The number of methoxy groups -OCH3 is 1. The van der Waals surface area contributed by atoms with Crippen molar-refractivity contribution in [2.45, 2.75) is 44.4 Å². The van der Waals surface area contributed by atoms with Gasteiger partial charge in [0.25, 0.3) is 0 Å². The molecule has 6 rings (SSSR count). The van der Waals surface area contributed by atoms with E-state index in [4.69, 9.17) is 18.9 Å². The first-order chi connectivity index (χ1) is 15.3. The molecule has 8 nitrogen and oxygen atoms in total. The van der Waals surface area contributed by atoms with Crippen LogP contribution in [0.4, 0.5) is 5.82 Å². The summed E-state index contributed by atoms with van der Waals surface area (Å²) in [6.07, 6.45) is 10.5. The van der Waals surface area contributed by atoms with Gasteiger partial charge in [0.15, 0.2) is 0 Å². The lowest BCUT2D eigenvalue weighted by atomic mass is 9.77. The normalized spacial score (nSPS) is 28.4. The lowest BCUT2D eigenvalue weighted by molar-refractivity contribution is -0.0375. The van der Waals surface area contributed by atoms with Gasteiger partial charge in [-0.2, -0.15) is 0 Å². The number of rotatable bonds is 7. The second-order valence-electron chi connectivity index (χ2n) is 9.37. The third-order valence-electron chi connectivity index (χ3n) is 7.18. The molecule has 0 bridgehead atoms. The number of pyridine rings is 1. The lowest BCUT2D eigenvalue weighted by Gasteiger charge is -2.37. The number of nitrogens with zero attached hydrogens (tertiary/aromatic N) is 5. The molecular weight excluding hydrogens is 394 g/mol. The zero-order chi connectivity index (χ0) is 20.8. The quantitative estimate of drug-likeness (QED) is 0.576. The van der Waals surface area contributed by atoms with Gasteiger partial charge in [-0.15, -0.1) is 5.10 Å². The summed E-state index contributed by atoms with van der Waals surface area (Å²) in [5.74, 6) is 2.98. The summed E-state index contributed by atoms with van der Waals surface area (Å²) < 4.78 is 19.3. The van der Waals surface area contributed by atoms with Crippen molar-refractivity contribution in [1.29, 1.82) is 0 Å². The van der Waals surface area contributed by atoms with Gasteiger partial charge in [-0.1, -0.05) is 5.21 Å². The standard InChI is InChI=1S/C23H29N5O3/c1-29-14-18-12-28(26-25-18)20-8-16-10-27(23-19-5-7-30-21(19)4-6-24-23)11-17(16)9-22(20)31-13-15-2-3-15/h4-7,12,15-17,20,22H,2-3,8-11,13-14H2,1H3/t16-,17+,20-,22-/m1/s1. The van der Waals surface area contributed by atoms with Crippen LogP contribution in [0.5, 0.6) is 0 Å². The Labute approximate surface area is 181 Å². The zero-order valence-electron chi connectivity index (χ0n) is 17.9. The molecule has 0 spiro atoms. The largest absolute Gasteiger partial charge is 0.464 e. The second kappa shape index (κ2) is 7.91. The minimum absolute atomic E-state index is 0.177. The first-order valence-electron chi connectivity index (χ1n) is 11.4. The molecule has 3 fully saturated rings. The molecule has 3 aliphatic rings. The van der Waals surface area contributed by atoms with Gasteiger partial charge < -0.3 is 18.8 Å². The summed E-state index contributed by atoms with van der Waals surface area (Å²) in [5.41, 5.74) is 1.77. The fourth-order valence-electron chi connectivity index (χ4n) is 5.39. The van der Waals surface area contributed by atoms with Crippen molar-refractivity contribution in [2.24, 2.45) is 17.8 Å². The number of hydrogen-bond donors (Lipinski definition) is 0.